The average Bonchev–Trinajstić information content (AvgIpc) is 2.47. The Hall–Kier alpha value is -2.47. The molecule has 1 aromatic heterocycles. The maximum atomic E-state index is 12.5. The normalized spacial score (nSPS) is 10.2. The number of aromatic nitrogens is 1. The SMILES string of the molecule is CCOc1ccccc1C(=O)c1nc(Cl)ccc1[N+](=O)[O-]. The molecular formula is C14H11ClN2O4. The van der Waals surface area contributed by atoms with Crippen molar-refractivity contribution in [3.63, 3.8) is 0 Å². The Balaban J connectivity index is 2.55. The Morgan fingerprint density at radius 2 is 2.05 bits per heavy atom. The van der Waals surface area contributed by atoms with Gasteiger partial charge < -0.3 is 4.74 Å². The van der Waals surface area contributed by atoms with Crippen molar-refractivity contribution in [2.45, 2.75) is 6.92 Å². The molecule has 1 aromatic carbocycles. The summed E-state index contributed by atoms with van der Waals surface area (Å²) in [6, 6.07) is 8.93. The second-order valence-corrected chi connectivity index (χ2v) is 4.40. The quantitative estimate of drug-likeness (QED) is 0.366. The Bertz CT molecular complexity index is 703. The molecule has 0 aliphatic heterocycles. The van der Waals surface area contributed by atoms with Gasteiger partial charge in [0, 0.05) is 6.07 Å². The molecule has 0 aliphatic rings. The van der Waals surface area contributed by atoms with E-state index in [1.807, 2.05) is 0 Å². The Kier molecular flexibility index (Phi) is 4.49. The van der Waals surface area contributed by atoms with Crippen LogP contribution in [0.1, 0.15) is 23.0 Å². The smallest absolute Gasteiger partial charge is 0.299 e. The van der Waals surface area contributed by atoms with Crippen LogP contribution in [-0.4, -0.2) is 22.3 Å². The van der Waals surface area contributed by atoms with Crippen molar-refractivity contribution in [3.05, 3.63) is 62.9 Å². The van der Waals surface area contributed by atoms with Crippen molar-refractivity contribution in [1.29, 1.82) is 0 Å². The predicted octanol–water partition coefficient (Wildman–Crippen LogP) is 3.27. The number of ether oxygens (including phenoxy) is 1. The maximum absolute atomic E-state index is 12.5. The van der Waals surface area contributed by atoms with E-state index in [2.05, 4.69) is 4.98 Å². The molecule has 0 fully saturated rings. The highest BCUT2D eigenvalue weighted by atomic mass is 35.5. The first-order valence-corrected chi connectivity index (χ1v) is 6.49. The van der Waals surface area contributed by atoms with Gasteiger partial charge in [-0.25, -0.2) is 4.98 Å². The zero-order valence-corrected chi connectivity index (χ0v) is 11.8. The molecule has 2 rings (SSSR count). The molecule has 0 atom stereocenters. The molecule has 7 heteroatoms. The number of para-hydroxylation sites is 1. The number of nitro groups is 1. The van der Waals surface area contributed by atoms with Gasteiger partial charge in [-0.15, -0.1) is 0 Å². The minimum absolute atomic E-state index is 0.0119. The first kappa shape index (κ1) is 14.9. The van der Waals surface area contributed by atoms with Crippen molar-refractivity contribution < 1.29 is 14.5 Å². The molecule has 21 heavy (non-hydrogen) atoms. The van der Waals surface area contributed by atoms with Crippen LogP contribution >= 0.6 is 11.6 Å². The Labute approximate surface area is 125 Å². The minimum Gasteiger partial charge on any atom is -0.493 e. The molecule has 2 aromatic rings. The molecule has 0 saturated carbocycles. The monoisotopic (exact) mass is 306 g/mol. The van der Waals surface area contributed by atoms with Crippen LogP contribution in [0.3, 0.4) is 0 Å². The number of halogens is 1. The lowest BCUT2D eigenvalue weighted by molar-refractivity contribution is -0.385. The minimum atomic E-state index is -0.667. The van der Waals surface area contributed by atoms with E-state index in [9.17, 15) is 14.9 Å². The number of rotatable bonds is 5. The van der Waals surface area contributed by atoms with Crippen molar-refractivity contribution in [3.8, 4) is 5.75 Å². The van der Waals surface area contributed by atoms with E-state index in [0.29, 0.717) is 12.4 Å². The number of nitrogens with zero attached hydrogens (tertiary/aromatic N) is 2. The van der Waals surface area contributed by atoms with E-state index >= 15 is 0 Å². The summed E-state index contributed by atoms with van der Waals surface area (Å²) in [5.74, 6) is -0.255. The number of pyridine rings is 1. The molecule has 0 amide bonds. The zero-order valence-electron chi connectivity index (χ0n) is 11.1. The van der Waals surface area contributed by atoms with Crippen LogP contribution in [-0.2, 0) is 0 Å². The third-order valence-corrected chi connectivity index (χ3v) is 2.89. The van der Waals surface area contributed by atoms with Gasteiger partial charge in [-0.2, -0.15) is 0 Å². The highest BCUT2D eigenvalue weighted by molar-refractivity contribution is 6.29. The summed E-state index contributed by atoms with van der Waals surface area (Å²) in [5, 5.41) is 11.0. The van der Waals surface area contributed by atoms with Gasteiger partial charge in [-0.1, -0.05) is 23.7 Å². The van der Waals surface area contributed by atoms with Gasteiger partial charge in [0.1, 0.15) is 10.9 Å². The van der Waals surface area contributed by atoms with Crippen LogP contribution in [0.15, 0.2) is 36.4 Å². The summed E-state index contributed by atoms with van der Waals surface area (Å²) in [5.41, 5.74) is -0.493. The van der Waals surface area contributed by atoms with Crippen LogP contribution in [0.5, 0.6) is 5.75 Å². The number of carbonyl (C=O) groups is 1. The highest BCUT2D eigenvalue weighted by Gasteiger charge is 2.25. The summed E-state index contributed by atoms with van der Waals surface area (Å²) in [4.78, 5) is 26.7. The lowest BCUT2D eigenvalue weighted by Gasteiger charge is -2.09. The van der Waals surface area contributed by atoms with E-state index in [0.717, 1.165) is 6.07 Å². The van der Waals surface area contributed by atoms with Crippen LogP contribution in [0, 0.1) is 10.1 Å². The number of hydrogen-bond donors (Lipinski definition) is 0. The van der Waals surface area contributed by atoms with Crippen molar-refractivity contribution in [1.82, 2.24) is 4.98 Å². The summed E-state index contributed by atoms with van der Waals surface area (Å²) in [7, 11) is 0. The van der Waals surface area contributed by atoms with Crippen molar-refractivity contribution in [2.24, 2.45) is 0 Å². The molecule has 6 nitrogen and oxygen atoms in total. The molecule has 0 aliphatic carbocycles. The maximum Gasteiger partial charge on any atom is 0.299 e. The molecule has 108 valence electrons. The van der Waals surface area contributed by atoms with Crippen LogP contribution < -0.4 is 4.74 Å². The van der Waals surface area contributed by atoms with Crippen LogP contribution in [0.2, 0.25) is 5.15 Å². The van der Waals surface area contributed by atoms with Crippen LogP contribution in [0.25, 0.3) is 0 Å². The fraction of sp³-hybridized carbons (Fsp3) is 0.143. The number of carbonyl (C=O) groups excluding carboxylic acids is 1. The lowest BCUT2D eigenvalue weighted by Crippen LogP contribution is -2.10. The summed E-state index contributed by atoms with van der Waals surface area (Å²) < 4.78 is 5.36. The second kappa shape index (κ2) is 6.32. The molecule has 0 bridgehead atoms. The van der Waals surface area contributed by atoms with Crippen molar-refractivity contribution >= 4 is 23.1 Å². The summed E-state index contributed by atoms with van der Waals surface area (Å²) in [6.45, 7) is 2.15. The third kappa shape index (κ3) is 3.17. The molecular weight excluding hydrogens is 296 g/mol. The molecule has 0 spiro atoms. The van der Waals surface area contributed by atoms with Gasteiger partial charge in [-0.05, 0) is 25.1 Å². The number of benzene rings is 1. The number of hydrogen-bond acceptors (Lipinski definition) is 5. The average molecular weight is 307 g/mol. The highest BCUT2D eigenvalue weighted by Crippen LogP contribution is 2.26. The molecule has 0 radical (unpaired) electrons. The third-order valence-electron chi connectivity index (χ3n) is 2.68. The Morgan fingerprint density at radius 3 is 2.71 bits per heavy atom. The van der Waals surface area contributed by atoms with Gasteiger partial charge in [0.2, 0.25) is 5.78 Å². The lowest BCUT2D eigenvalue weighted by atomic mass is 10.1. The molecule has 0 N–H and O–H groups in total. The molecule has 0 saturated heterocycles. The standard InChI is InChI=1S/C14H11ClN2O4/c1-2-21-11-6-4-3-5-9(11)14(18)13-10(17(19)20)7-8-12(15)16-13/h3-8H,2H2,1H3. The van der Waals surface area contributed by atoms with Crippen LogP contribution in [0.4, 0.5) is 5.69 Å². The van der Waals surface area contributed by atoms with Gasteiger partial charge >= 0.3 is 0 Å². The summed E-state index contributed by atoms with van der Waals surface area (Å²) >= 11 is 5.74. The number of ketones is 1. The van der Waals surface area contributed by atoms with E-state index in [1.165, 1.54) is 12.1 Å². The van der Waals surface area contributed by atoms with Gasteiger partial charge in [-0.3, -0.25) is 14.9 Å². The van der Waals surface area contributed by atoms with E-state index in [-0.39, 0.29) is 16.4 Å². The van der Waals surface area contributed by atoms with Gasteiger partial charge in [0.05, 0.1) is 17.1 Å². The topological polar surface area (TPSA) is 82.3 Å². The largest absolute Gasteiger partial charge is 0.493 e. The second-order valence-electron chi connectivity index (χ2n) is 4.02. The first-order chi connectivity index (χ1) is 10.0. The fourth-order valence-electron chi connectivity index (χ4n) is 1.81. The van der Waals surface area contributed by atoms with E-state index < -0.39 is 16.4 Å². The molecule has 0 unspecified atom stereocenters. The fourth-order valence-corrected chi connectivity index (χ4v) is 1.95. The van der Waals surface area contributed by atoms with E-state index in [1.54, 1.807) is 25.1 Å². The van der Waals surface area contributed by atoms with E-state index in [4.69, 9.17) is 16.3 Å². The first-order valence-electron chi connectivity index (χ1n) is 6.12. The Morgan fingerprint density at radius 1 is 1.33 bits per heavy atom. The van der Waals surface area contributed by atoms with Gasteiger partial charge in [0.15, 0.2) is 5.69 Å². The predicted molar refractivity (Wildman–Crippen MR) is 76.9 cm³/mol. The molecule has 1 heterocycles. The van der Waals surface area contributed by atoms with Crippen molar-refractivity contribution in [2.75, 3.05) is 6.61 Å². The summed E-state index contributed by atoms with van der Waals surface area (Å²) in [6.07, 6.45) is 0. The van der Waals surface area contributed by atoms with Gasteiger partial charge in [0.25, 0.3) is 5.69 Å². The zero-order chi connectivity index (χ0) is 15.4.